The monoisotopic (exact) mass is 409 g/mol. The van der Waals surface area contributed by atoms with Crippen molar-refractivity contribution in [2.24, 2.45) is 0 Å². The number of rotatable bonds is 2. The fourth-order valence-corrected chi connectivity index (χ4v) is 2.24. The van der Waals surface area contributed by atoms with Gasteiger partial charge in [0, 0.05) is 0 Å². The summed E-state index contributed by atoms with van der Waals surface area (Å²) in [4.78, 5) is 22.5. The molecule has 0 saturated carbocycles. The molecule has 20 heavy (non-hydrogen) atoms. The fourth-order valence-electron chi connectivity index (χ4n) is 0.621. The predicted molar refractivity (Wildman–Crippen MR) is 59.5 cm³/mol. The van der Waals surface area contributed by atoms with Crippen LogP contribution in [0, 0.1) is 0 Å². The maximum atomic E-state index is 11.1. The van der Waals surface area contributed by atoms with Gasteiger partial charge in [-0.1, -0.05) is 0 Å². The summed E-state index contributed by atoms with van der Waals surface area (Å²) in [5.74, 6) is -1.14. The summed E-state index contributed by atoms with van der Waals surface area (Å²) in [6, 6.07) is 0. The third-order valence-corrected chi connectivity index (χ3v) is 3.04. The van der Waals surface area contributed by atoms with Crippen LogP contribution in [0.1, 0.15) is 19.3 Å². The molecule has 0 spiro atoms. The molecule has 5 nitrogen and oxygen atoms in total. The quantitative estimate of drug-likeness (QED) is 0.325. The molecule has 0 fully saturated rings. The average Bonchev–Trinajstić information content (AvgIpc) is 2.71. The normalized spacial score (nSPS) is 14.2. The van der Waals surface area contributed by atoms with Crippen molar-refractivity contribution in [2.45, 2.75) is 0 Å². The average molecular weight is 409 g/mol. The van der Waals surface area contributed by atoms with E-state index in [4.69, 9.17) is 0 Å². The summed E-state index contributed by atoms with van der Waals surface area (Å²) in [5, 5.41) is 0. The molecule has 0 aliphatic heterocycles. The van der Waals surface area contributed by atoms with Gasteiger partial charge in [-0.3, -0.25) is 0 Å². The van der Waals surface area contributed by atoms with Gasteiger partial charge in [-0.15, -0.1) is 0 Å². The van der Waals surface area contributed by atoms with Crippen molar-refractivity contribution >= 4 is 49.2 Å². The molecule has 0 unspecified atom stereocenters. The van der Waals surface area contributed by atoms with Crippen LogP contribution < -0.4 is 0 Å². The predicted octanol–water partition coefficient (Wildman–Crippen LogP) is 3.20. The van der Waals surface area contributed by atoms with E-state index < -0.39 is 26.1 Å². The Hall–Kier alpha value is -0.942. The number of hydrogen-bond acceptors (Lipinski definition) is 6. The van der Waals surface area contributed by atoms with E-state index in [1.165, 1.54) is 14.2 Å². The second-order valence-corrected chi connectivity index (χ2v) is 8.66. The standard InChI is InChI=1S/C6H6NO4S2.AsF6/c1-10-5(8)3-4(6(9)11-2)13-7-12-3;2-1(3,4,5,6)7/h1-2H3;/q+1;-1. The van der Waals surface area contributed by atoms with Crippen molar-refractivity contribution in [3.63, 3.8) is 0 Å². The number of ether oxygens (including phenoxy) is 2. The zero-order valence-electron chi connectivity index (χ0n) is 9.61. The number of carbonyl (C=O) groups is 2. The Labute approximate surface area is 117 Å². The van der Waals surface area contributed by atoms with Crippen molar-refractivity contribution < 1.29 is 39.9 Å². The number of nitrogens with zero attached hydrogens (tertiary/aromatic N) is 1. The van der Waals surface area contributed by atoms with Crippen LogP contribution in [-0.2, 0) is 9.47 Å². The van der Waals surface area contributed by atoms with Gasteiger partial charge < -0.3 is 9.47 Å². The molecule has 0 aromatic carbocycles. The van der Waals surface area contributed by atoms with Gasteiger partial charge in [0.05, 0.1) is 18.0 Å². The molecule has 1 aromatic heterocycles. The number of methoxy groups -OCH3 is 2. The van der Waals surface area contributed by atoms with E-state index in [2.05, 4.69) is 13.2 Å². The number of aromatic nitrogens is 1. The van der Waals surface area contributed by atoms with Crippen LogP contribution >= 0.6 is 23.1 Å². The van der Waals surface area contributed by atoms with Crippen LogP contribution in [0.4, 0.5) is 20.8 Å². The number of halogens is 6. The first-order valence-electron chi connectivity index (χ1n) is 4.17. The van der Waals surface area contributed by atoms with Crippen molar-refractivity contribution in [2.75, 3.05) is 14.2 Å². The summed E-state index contributed by atoms with van der Waals surface area (Å²) >= 11 is -9.22. The van der Waals surface area contributed by atoms with Crippen molar-refractivity contribution in [3.05, 3.63) is 9.75 Å². The third-order valence-electron chi connectivity index (χ3n) is 1.20. The molecule has 0 aliphatic carbocycles. The summed E-state index contributed by atoms with van der Waals surface area (Å²) in [6.45, 7) is 0. The molecule has 0 amide bonds. The molecule has 118 valence electrons. The van der Waals surface area contributed by atoms with Crippen LogP contribution in [0.15, 0.2) is 0 Å². The minimum absolute atomic E-state index is 0.180. The van der Waals surface area contributed by atoms with Crippen molar-refractivity contribution in [1.82, 2.24) is 3.76 Å². The molecule has 1 rings (SSSR count). The van der Waals surface area contributed by atoms with Crippen molar-refractivity contribution in [1.29, 1.82) is 0 Å². The molecule has 0 aliphatic rings. The summed E-state index contributed by atoms with van der Waals surface area (Å²) in [6.07, 6.45) is 0. The molecule has 0 N–H and O–H groups in total. The molecule has 0 atom stereocenters. The van der Waals surface area contributed by atoms with Gasteiger partial charge in [0.15, 0.2) is 0 Å². The Morgan fingerprint density at radius 1 is 1.05 bits per heavy atom. The van der Waals surface area contributed by atoms with Crippen LogP contribution in [-0.4, -0.2) is 44.1 Å². The van der Waals surface area contributed by atoms with Crippen molar-refractivity contribution in [3.8, 4) is 0 Å². The van der Waals surface area contributed by atoms with Gasteiger partial charge in [0.1, 0.15) is 0 Å². The zero-order chi connectivity index (χ0) is 16.3. The second-order valence-electron chi connectivity index (χ2n) is 2.86. The molecule has 1 aromatic rings. The first kappa shape index (κ1) is 19.1. The topological polar surface area (TPSA) is 65.5 Å². The molecular formula is C6H6AsF6NO4S2. The number of hydrogen-bond donors (Lipinski definition) is 0. The van der Waals surface area contributed by atoms with Gasteiger partial charge in [0.2, 0.25) is 23.1 Å². The summed E-state index contributed by atoms with van der Waals surface area (Å²) in [5.41, 5.74) is 0. The molecule has 0 bridgehead atoms. The van der Waals surface area contributed by atoms with Crippen LogP contribution in [0.25, 0.3) is 0 Å². The third kappa shape index (κ3) is 9.92. The Kier molecular flexibility index (Phi) is 5.19. The van der Waals surface area contributed by atoms with E-state index in [-0.39, 0.29) is 9.75 Å². The first-order valence-corrected chi connectivity index (χ1v) is 9.97. The summed E-state index contributed by atoms with van der Waals surface area (Å²) in [7, 11) is 2.49. The van der Waals surface area contributed by atoms with Crippen LogP contribution in [0.5, 0.6) is 0 Å². The molecule has 1 heterocycles. The van der Waals surface area contributed by atoms with E-state index >= 15 is 0 Å². The van der Waals surface area contributed by atoms with Gasteiger partial charge in [-0.05, 0) is 0 Å². The van der Waals surface area contributed by atoms with Gasteiger partial charge in [0.25, 0.3) is 9.75 Å². The van der Waals surface area contributed by atoms with Crippen LogP contribution in [0.2, 0.25) is 0 Å². The zero-order valence-corrected chi connectivity index (χ0v) is 13.1. The van der Waals surface area contributed by atoms with Crippen LogP contribution in [0.3, 0.4) is 0 Å². The minimum atomic E-state index is -11.1. The van der Waals surface area contributed by atoms with Gasteiger partial charge >= 0.3 is 46.9 Å². The summed E-state index contributed by atoms with van der Waals surface area (Å²) < 4.78 is 72.1. The Morgan fingerprint density at radius 3 is 1.80 bits per heavy atom. The van der Waals surface area contributed by atoms with E-state index in [1.54, 1.807) is 0 Å². The first-order chi connectivity index (χ1) is 8.65. The molecular weight excluding hydrogens is 403 g/mol. The fraction of sp³-hybridized carbons (Fsp3) is 0.333. The Morgan fingerprint density at radius 2 is 1.45 bits per heavy atom. The Bertz CT molecular complexity index is 472. The number of esters is 2. The molecule has 0 radical (unpaired) electrons. The second kappa shape index (κ2) is 5.45. The molecule has 0 saturated heterocycles. The van der Waals surface area contributed by atoms with Gasteiger partial charge in [-0.2, -0.15) is 0 Å². The van der Waals surface area contributed by atoms with E-state index in [9.17, 15) is 30.4 Å². The van der Waals surface area contributed by atoms with E-state index in [1.807, 2.05) is 0 Å². The number of carbonyl (C=O) groups excluding carboxylic acids is 2. The van der Waals surface area contributed by atoms with Gasteiger partial charge in [-0.25, -0.2) is 9.59 Å². The molecule has 14 heteroatoms. The van der Waals surface area contributed by atoms with E-state index in [0.717, 1.165) is 23.1 Å². The Balaban J connectivity index is 0.000000441. The van der Waals surface area contributed by atoms with E-state index in [0.29, 0.717) is 0 Å². The maximum absolute atomic E-state index is 11.1. The SMILES string of the molecule is COC(=O)c1sn[s+]c1C(=O)OC.F[As-](F)(F)(F)(F)F.